The van der Waals surface area contributed by atoms with Crippen molar-refractivity contribution >= 4 is 40.9 Å². The third-order valence-electron chi connectivity index (χ3n) is 2.63. The van der Waals surface area contributed by atoms with Gasteiger partial charge in [-0.05, 0) is 30.3 Å². The number of carbonyl (C=O) groups excluding carboxylic acids is 2. The number of nitrogen functional groups attached to an aromatic ring is 1. The average molecular weight is 321 g/mol. The van der Waals surface area contributed by atoms with E-state index in [-0.39, 0.29) is 11.7 Å². The van der Waals surface area contributed by atoms with Gasteiger partial charge in [-0.25, -0.2) is 0 Å². The minimum absolute atomic E-state index is 0.124. The first kappa shape index (κ1) is 15.4. The Hall–Kier alpha value is -1.98. The lowest BCUT2D eigenvalue weighted by Gasteiger charge is -2.05. The molecule has 4 nitrogen and oxygen atoms in total. The number of hydrogen-bond donors (Lipinski definition) is 2. The van der Waals surface area contributed by atoms with Gasteiger partial charge in [-0.15, -0.1) is 11.8 Å². The van der Waals surface area contributed by atoms with E-state index in [1.54, 1.807) is 48.5 Å². The molecule has 0 aliphatic carbocycles. The molecule has 0 spiro atoms. The molecule has 0 aliphatic heterocycles. The first-order valence-corrected chi connectivity index (χ1v) is 7.49. The summed E-state index contributed by atoms with van der Waals surface area (Å²) < 4.78 is 0. The molecule has 3 N–H and O–H groups in total. The summed E-state index contributed by atoms with van der Waals surface area (Å²) in [5.74, 6) is -0.642. The third-order valence-corrected chi connectivity index (χ3v) is 3.95. The van der Waals surface area contributed by atoms with Crippen LogP contribution >= 0.6 is 23.4 Å². The standard InChI is InChI=1S/C15H13ClN2O2S/c16-12-8-11(6-7-13(12)17)21-9-14(19)18-15(20)10-4-2-1-3-5-10/h1-8H,9,17H2,(H,18,19,20). The average Bonchev–Trinajstić information content (AvgIpc) is 2.49. The Morgan fingerprint density at radius 1 is 1.14 bits per heavy atom. The van der Waals surface area contributed by atoms with Gasteiger partial charge in [0.1, 0.15) is 0 Å². The van der Waals surface area contributed by atoms with Crippen LogP contribution in [0.4, 0.5) is 5.69 Å². The van der Waals surface area contributed by atoms with Crippen LogP contribution < -0.4 is 11.1 Å². The Kier molecular flexibility index (Phi) is 5.25. The van der Waals surface area contributed by atoms with Gasteiger partial charge in [-0.2, -0.15) is 0 Å². The number of nitrogens with two attached hydrogens (primary N) is 1. The molecule has 2 rings (SSSR count). The van der Waals surface area contributed by atoms with Crippen LogP contribution in [0.25, 0.3) is 0 Å². The normalized spacial score (nSPS) is 10.1. The van der Waals surface area contributed by atoms with E-state index in [9.17, 15) is 9.59 Å². The number of anilines is 1. The fourth-order valence-corrected chi connectivity index (χ4v) is 2.55. The zero-order valence-corrected chi connectivity index (χ0v) is 12.6. The number of benzene rings is 2. The Labute approximate surface area is 131 Å². The summed E-state index contributed by atoms with van der Waals surface area (Å²) in [6.07, 6.45) is 0. The maximum atomic E-state index is 11.8. The van der Waals surface area contributed by atoms with Gasteiger partial charge < -0.3 is 5.73 Å². The summed E-state index contributed by atoms with van der Waals surface area (Å²) in [6.45, 7) is 0. The number of carbonyl (C=O) groups is 2. The van der Waals surface area contributed by atoms with Crippen LogP contribution in [-0.2, 0) is 4.79 Å². The van der Waals surface area contributed by atoms with Crippen LogP contribution in [0, 0.1) is 0 Å². The van der Waals surface area contributed by atoms with Crippen LogP contribution in [0.15, 0.2) is 53.4 Å². The highest BCUT2D eigenvalue weighted by Gasteiger charge is 2.10. The summed E-state index contributed by atoms with van der Waals surface area (Å²) in [5.41, 5.74) is 6.55. The molecule has 108 valence electrons. The van der Waals surface area contributed by atoms with Crippen LogP contribution in [0.2, 0.25) is 5.02 Å². The van der Waals surface area contributed by atoms with Gasteiger partial charge in [0.15, 0.2) is 0 Å². The lowest BCUT2D eigenvalue weighted by Crippen LogP contribution is -2.31. The van der Waals surface area contributed by atoms with Gasteiger partial charge in [0.05, 0.1) is 16.5 Å². The highest BCUT2D eigenvalue weighted by Crippen LogP contribution is 2.26. The molecule has 0 unspecified atom stereocenters. The van der Waals surface area contributed by atoms with Crippen LogP contribution in [0.5, 0.6) is 0 Å². The Morgan fingerprint density at radius 3 is 2.52 bits per heavy atom. The second-order valence-electron chi connectivity index (χ2n) is 4.22. The molecule has 0 fully saturated rings. The lowest BCUT2D eigenvalue weighted by molar-refractivity contribution is -0.117. The summed E-state index contributed by atoms with van der Waals surface area (Å²) >= 11 is 7.18. The van der Waals surface area contributed by atoms with Crippen LogP contribution in [-0.4, -0.2) is 17.6 Å². The molecular weight excluding hydrogens is 308 g/mol. The van der Waals surface area contributed by atoms with Crippen molar-refractivity contribution in [1.29, 1.82) is 0 Å². The summed E-state index contributed by atoms with van der Waals surface area (Å²) in [5, 5.41) is 2.78. The lowest BCUT2D eigenvalue weighted by atomic mass is 10.2. The summed E-state index contributed by atoms with van der Waals surface area (Å²) in [6, 6.07) is 13.7. The number of halogens is 1. The fraction of sp³-hybridized carbons (Fsp3) is 0.0667. The second-order valence-corrected chi connectivity index (χ2v) is 5.67. The first-order valence-electron chi connectivity index (χ1n) is 6.13. The molecule has 0 radical (unpaired) electrons. The smallest absolute Gasteiger partial charge is 0.257 e. The molecule has 0 aliphatic rings. The maximum absolute atomic E-state index is 11.8. The summed E-state index contributed by atoms with van der Waals surface area (Å²) in [7, 11) is 0. The molecule has 0 aromatic heterocycles. The molecule has 2 aromatic rings. The number of imide groups is 1. The molecule has 0 saturated heterocycles. The van der Waals surface area contributed by atoms with Crippen molar-refractivity contribution in [2.75, 3.05) is 11.5 Å². The summed E-state index contributed by atoms with van der Waals surface area (Å²) in [4.78, 5) is 24.3. The third kappa shape index (κ3) is 4.51. The van der Waals surface area contributed by atoms with E-state index < -0.39 is 5.91 Å². The van der Waals surface area contributed by atoms with Crippen molar-refractivity contribution in [3.63, 3.8) is 0 Å². The van der Waals surface area contributed by atoms with Crippen molar-refractivity contribution in [2.45, 2.75) is 4.90 Å². The zero-order chi connectivity index (χ0) is 15.2. The van der Waals surface area contributed by atoms with Gasteiger partial charge >= 0.3 is 0 Å². The zero-order valence-electron chi connectivity index (χ0n) is 11.0. The molecule has 0 bridgehead atoms. The van der Waals surface area contributed by atoms with E-state index in [0.717, 1.165) is 4.90 Å². The SMILES string of the molecule is Nc1ccc(SCC(=O)NC(=O)c2ccccc2)cc1Cl. The molecule has 6 heteroatoms. The molecule has 0 atom stereocenters. The second kappa shape index (κ2) is 7.15. The van der Waals surface area contributed by atoms with E-state index in [4.69, 9.17) is 17.3 Å². The minimum Gasteiger partial charge on any atom is -0.398 e. The highest BCUT2D eigenvalue weighted by atomic mass is 35.5. The molecule has 2 aromatic carbocycles. The van der Waals surface area contributed by atoms with Gasteiger partial charge in [0, 0.05) is 10.5 Å². The fourth-order valence-electron chi connectivity index (χ4n) is 1.57. The van der Waals surface area contributed by atoms with Crippen LogP contribution in [0.1, 0.15) is 10.4 Å². The van der Waals surface area contributed by atoms with E-state index in [2.05, 4.69) is 5.32 Å². The van der Waals surface area contributed by atoms with Gasteiger partial charge in [-0.3, -0.25) is 14.9 Å². The predicted octanol–water partition coefficient (Wildman–Crippen LogP) is 2.97. The Balaban J connectivity index is 1.87. The topological polar surface area (TPSA) is 72.2 Å². The Bertz CT molecular complexity index is 662. The molecule has 0 heterocycles. The highest BCUT2D eigenvalue weighted by molar-refractivity contribution is 8.00. The Morgan fingerprint density at radius 2 is 1.86 bits per heavy atom. The first-order chi connectivity index (χ1) is 10.1. The van der Waals surface area contributed by atoms with E-state index in [0.29, 0.717) is 16.3 Å². The van der Waals surface area contributed by atoms with Gasteiger partial charge in [-0.1, -0.05) is 29.8 Å². The van der Waals surface area contributed by atoms with Crippen molar-refractivity contribution in [3.8, 4) is 0 Å². The largest absolute Gasteiger partial charge is 0.398 e. The van der Waals surface area contributed by atoms with Crippen molar-refractivity contribution < 1.29 is 9.59 Å². The minimum atomic E-state index is -0.406. The predicted molar refractivity (Wildman–Crippen MR) is 85.5 cm³/mol. The van der Waals surface area contributed by atoms with Crippen molar-refractivity contribution in [3.05, 3.63) is 59.1 Å². The molecule has 2 amide bonds. The van der Waals surface area contributed by atoms with Gasteiger partial charge in [0.25, 0.3) is 5.91 Å². The van der Waals surface area contributed by atoms with Crippen molar-refractivity contribution in [1.82, 2.24) is 5.32 Å². The van der Waals surface area contributed by atoms with E-state index in [1.165, 1.54) is 11.8 Å². The monoisotopic (exact) mass is 320 g/mol. The van der Waals surface area contributed by atoms with Crippen molar-refractivity contribution in [2.24, 2.45) is 0 Å². The number of amides is 2. The van der Waals surface area contributed by atoms with Gasteiger partial charge in [0.2, 0.25) is 5.91 Å². The van der Waals surface area contributed by atoms with E-state index >= 15 is 0 Å². The molecule has 0 saturated carbocycles. The molecule has 21 heavy (non-hydrogen) atoms. The number of nitrogens with one attached hydrogen (secondary N) is 1. The number of thioether (sulfide) groups is 1. The van der Waals surface area contributed by atoms with Crippen LogP contribution in [0.3, 0.4) is 0 Å². The number of rotatable bonds is 4. The maximum Gasteiger partial charge on any atom is 0.257 e. The molecular formula is C15H13ClN2O2S. The number of hydrogen-bond acceptors (Lipinski definition) is 4. The van der Waals surface area contributed by atoms with E-state index in [1.807, 2.05) is 0 Å². The quantitative estimate of drug-likeness (QED) is 0.671.